The molecule has 9 heteroatoms. The van der Waals surface area contributed by atoms with Crippen molar-refractivity contribution < 1.29 is 23.6 Å². The van der Waals surface area contributed by atoms with Crippen LogP contribution < -0.4 is 9.47 Å². The third-order valence-electron chi connectivity index (χ3n) is 3.08. The predicted molar refractivity (Wildman–Crippen MR) is 92.7 cm³/mol. The Morgan fingerprint density at radius 1 is 1.40 bits per heavy atom. The Hall–Kier alpha value is -2.03. The summed E-state index contributed by atoms with van der Waals surface area (Å²) in [7, 11) is 1.52. The highest BCUT2D eigenvalue weighted by Gasteiger charge is 2.21. The lowest BCUT2D eigenvalue weighted by Crippen LogP contribution is -2.13. The fourth-order valence-electron chi connectivity index (χ4n) is 1.90. The smallest absolute Gasteiger partial charge is 0.345 e. The number of methoxy groups -OCH3 is 1. The molecule has 0 N–H and O–H groups in total. The summed E-state index contributed by atoms with van der Waals surface area (Å²) in [5.74, 6) is -0.0624. The fraction of sp³-hybridized carbons (Fsp3) is 0.312. The van der Waals surface area contributed by atoms with Gasteiger partial charge in [-0.2, -0.15) is 4.98 Å². The molecule has 1 aromatic heterocycles. The van der Waals surface area contributed by atoms with Gasteiger partial charge in [0.25, 0.3) is 0 Å². The summed E-state index contributed by atoms with van der Waals surface area (Å²) in [6.45, 7) is 1.99. The molecular formula is C16H17ClN2O5S. The number of ether oxygens (including phenoxy) is 3. The Morgan fingerprint density at radius 3 is 2.76 bits per heavy atom. The van der Waals surface area contributed by atoms with Gasteiger partial charge in [-0.15, -0.1) is 4.98 Å². The minimum Gasteiger partial charge on any atom is -0.609 e. The topological polar surface area (TPSA) is 93.6 Å². The van der Waals surface area contributed by atoms with Crippen LogP contribution in [0.3, 0.4) is 0 Å². The number of hydrogen-bond acceptors (Lipinski definition) is 7. The summed E-state index contributed by atoms with van der Waals surface area (Å²) in [5.41, 5.74) is 0.814. The molecule has 1 unspecified atom stereocenters. The van der Waals surface area contributed by atoms with E-state index in [1.165, 1.54) is 19.6 Å². The van der Waals surface area contributed by atoms with E-state index in [2.05, 4.69) is 9.97 Å². The Labute approximate surface area is 153 Å². The van der Waals surface area contributed by atoms with Gasteiger partial charge >= 0.3 is 11.1 Å². The van der Waals surface area contributed by atoms with Crippen LogP contribution in [-0.2, 0) is 22.5 Å². The van der Waals surface area contributed by atoms with E-state index in [0.29, 0.717) is 10.8 Å². The number of rotatable bonds is 7. The van der Waals surface area contributed by atoms with Gasteiger partial charge in [-0.1, -0.05) is 17.7 Å². The molecule has 0 radical (unpaired) electrons. The monoisotopic (exact) mass is 384 g/mol. The van der Waals surface area contributed by atoms with Crippen LogP contribution in [0.1, 0.15) is 22.8 Å². The highest BCUT2D eigenvalue weighted by Crippen LogP contribution is 2.26. The number of benzene rings is 1. The van der Waals surface area contributed by atoms with E-state index in [9.17, 15) is 9.35 Å². The number of carbonyl (C=O) groups excluding carboxylic acids is 1. The van der Waals surface area contributed by atoms with Gasteiger partial charge in [0.05, 0.1) is 24.9 Å². The van der Waals surface area contributed by atoms with Crippen molar-refractivity contribution in [1.29, 1.82) is 0 Å². The summed E-state index contributed by atoms with van der Waals surface area (Å²) in [6.07, 6.45) is 2.68. The summed E-state index contributed by atoms with van der Waals surface area (Å²) in [4.78, 5) is 20.0. The van der Waals surface area contributed by atoms with Crippen molar-refractivity contribution >= 4 is 28.7 Å². The van der Waals surface area contributed by atoms with E-state index in [0.717, 1.165) is 5.56 Å². The van der Waals surface area contributed by atoms with E-state index >= 15 is 0 Å². The van der Waals surface area contributed by atoms with E-state index < -0.39 is 17.1 Å². The maximum Gasteiger partial charge on any atom is 0.345 e. The zero-order valence-corrected chi connectivity index (χ0v) is 15.5. The summed E-state index contributed by atoms with van der Waals surface area (Å²) in [5, 5.41) is 0.503. The third kappa shape index (κ3) is 4.97. The predicted octanol–water partition coefficient (Wildman–Crippen LogP) is 2.63. The van der Waals surface area contributed by atoms with Crippen LogP contribution in [-0.4, -0.2) is 40.5 Å². The second kappa shape index (κ2) is 8.89. The molecule has 0 amide bonds. The quantitative estimate of drug-likeness (QED) is 0.411. The molecule has 25 heavy (non-hydrogen) atoms. The van der Waals surface area contributed by atoms with Gasteiger partial charge in [0.1, 0.15) is 24.2 Å². The SMILES string of the molecule is CCOC(=O)c1cnc([S+](C)[O-])nc1OCc1ccc(OC)c(Cl)c1. The van der Waals surface area contributed by atoms with Crippen LogP contribution in [0.15, 0.2) is 29.6 Å². The Bertz CT molecular complexity index is 757. The first-order chi connectivity index (χ1) is 12.0. The van der Waals surface area contributed by atoms with Crippen molar-refractivity contribution in [3.05, 3.63) is 40.5 Å². The summed E-state index contributed by atoms with van der Waals surface area (Å²) >= 11 is 4.67. The molecule has 0 aliphatic heterocycles. The van der Waals surface area contributed by atoms with Crippen LogP contribution >= 0.6 is 11.6 Å². The standard InChI is InChI=1S/C16H17ClN2O5S/c1-4-23-15(20)11-8-18-16(25(3)21)19-14(11)24-9-10-5-6-13(22-2)12(17)7-10/h5-8H,4,9H2,1-3H3. The number of aromatic nitrogens is 2. The molecule has 7 nitrogen and oxygen atoms in total. The zero-order chi connectivity index (χ0) is 18.4. The first-order valence-corrected chi connectivity index (χ1v) is 9.22. The Balaban J connectivity index is 2.25. The van der Waals surface area contributed by atoms with Gasteiger partial charge in [-0.05, 0) is 24.6 Å². The first kappa shape index (κ1) is 19.3. The highest BCUT2D eigenvalue weighted by atomic mass is 35.5. The van der Waals surface area contributed by atoms with E-state index in [1.54, 1.807) is 25.1 Å². The van der Waals surface area contributed by atoms with Crippen LogP contribution in [0.5, 0.6) is 11.6 Å². The minimum atomic E-state index is -1.41. The lowest BCUT2D eigenvalue weighted by atomic mass is 10.2. The fourth-order valence-corrected chi connectivity index (χ4v) is 2.59. The number of nitrogens with zero attached hydrogens (tertiary/aromatic N) is 2. The Morgan fingerprint density at radius 2 is 2.16 bits per heavy atom. The maximum absolute atomic E-state index is 12.0. The molecule has 2 rings (SSSR count). The molecule has 1 heterocycles. The summed E-state index contributed by atoms with van der Waals surface area (Å²) < 4.78 is 27.3. The minimum absolute atomic E-state index is 0.00518. The first-order valence-electron chi connectivity index (χ1n) is 7.29. The van der Waals surface area contributed by atoms with Crippen molar-refractivity contribution in [2.45, 2.75) is 18.7 Å². The van der Waals surface area contributed by atoms with Crippen molar-refractivity contribution in [2.75, 3.05) is 20.0 Å². The van der Waals surface area contributed by atoms with Crippen molar-refractivity contribution in [3.8, 4) is 11.6 Å². The molecular weight excluding hydrogens is 368 g/mol. The van der Waals surface area contributed by atoms with Gasteiger partial charge in [0, 0.05) is 11.2 Å². The maximum atomic E-state index is 12.0. The van der Waals surface area contributed by atoms with Crippen LogP contribution in [0.2, 0.25) is 5.02 Å². The summed E-state index contributed by atoms with van der Waals surface area (Å²) in [6, 6.07) is 5.17. The van der Waals surface area contributed by atoms with Crippen LogP contribution in [0.4, 0.5) is 0 Å². The number of carbonyl (C=O) groups is 1. The third-order valence-corrected chi connectivity index (χ3v) is 4.08. The molecule has 0 saturated heterocycles. The molecule has 0 aliphatic rings. The van der Waals surface area contributed by atoms with Gasteiger partial charge < -0.3 is 18.8 Å². The Kier molecular flexibility index (Phi) is 6.86. The molecule has 0 bridgehead atoms. The number of esters is 1. The van der Waals surface area contributed by atoms with Gasteiger partial charge in [0.2, 0.25) is 5.88 Å². The van der Waals surface area contributed by atoms with E-state index in [1.807, 2.05) is 0 Å². The number of halogens is 1. The second-order valence-electron chi connectivity index (χ2n) is 4.80. The zero-order valence-electron chi connectivity index (χ0n) is 13.9. The van der Waals surface area contributed by atoms with Crippen LogP contribution in [0.25, 0.3) is 0 Å². The second-order valence-corrected chi connectivity index (χ2v) is 6.48. The average Bonchev–Trinajstić information content (AvgIpc) is 2.60. The largest absolute Gasteiger partial charge is 0.609 e. The lowest BCUT2D eigenvalue weighted by molar-refractivity contribution is 0.0519. The van der Waals surface area contributed by atoms with Crippen molar-refractivity contribution in [1.82, 2.24) is 9.97 Å². The van der Waals surface area contributed by atoms with Gasteiger partial charge in [0.15, 0.2) is 0 Å². The molecule has 1 atom stereocenters. The van der Waals surface area contributed by atoms with Gasteiger partial charge in [-0.3, -0.25) is 0 Å². The number of hydrogen-bond donors (Lipinski definition) is 0. The van der Waals surface area contributed by atoms with Gasteiger partial charge in [-0.25, -0.2) is 4.79 Å². The van der Waals surface area contributed by atoms with E-state index in [-0.39, 0.29) is 29.8 Å². The normalized spacial score (nSPS) is 11.7. The van der Waals surface area contributed by atoms with Crippen molar-refractivity contribution in [2.24, 2.45) is 0 Å². The lowest BCUT2D eigenvalue weighted by Gasteiger charge is -2.11. The molecule has 0 saturated carbocycles. The highest BCUT2D eigenvalue weighted by molar-refractivity contribution is 7.90. The molecule has 0 fully saturated rings. The molecule has 0 spiro atoms. The molecule has 1 aromatic carbocycles. The molecule has 0 aliphatic carbocycles. The average molecular weight is 385 g/mol. The van der Waals surface area contributed by atoms with Crippen LogP contribution in [0, 0.1) is 0 Å². The molecule has 2 aromatic rings. The molecule has 134 valence electrons. The van der Waals surface area contributed by atoms with E-state index in [4.69, 9.17) is 25.8 Å². The van der Waals surface area contributed by atoms with Crippen molar-refractivity contribution in [3.63, 3.8) is 0 Å².